The van der Waals surface area contributed by atoms with Gasteiger partial charge >= 0.3 is 5.97 Å². The summed E-state index contributed by atoms with van der Waals surface area (Å²) in [5.74, 6) is 1.59. The van der Waals surface area contributed by atoms with E-state index >= 15 is 0 Å². The summed E-state index contributed by atoms with van der Waals surface area (Å²) in [6, 6.07) is 0. The minimum atomic E-state index is -0.474. The third-order valence-corrected chi connectivity index (χ3v) is 5.89. The molecular formula is C16H24O3. The molecule has 0 amide bonds. The van der Waals surface area contributed by atoms with Crippen LogP contribution in [0.25, 0.3) is 0 Å². The van der Waals surface area contributed by atoms with Gasteiger partial charge in [-0.15, -0.1) is 0 Å². The van der Waals surface area contributed by atoms with Crippen LogP contribution in [0, 0.1) is 29.6 Å². The van der Waals surface area contributed by atoms with Gasteiger partial charge < -0.3 is 9.84 Å². The molecule has 19 heavy (non-hydrogen) atoms. The molecular weight excluding hydrogens is 240 g/mol. The zero-order valence-electron chi connectivity index (χ0n) is 11.8. The first kappa shape index (κ1) is 13.2. The second-order valence-corrected chi connectivity index (χ2v) is 7.00. The Kier molecular flexibility index (Phi) is 3.01. The van der Waals surface area contributed by atoms with Crippen LogP contribution < -0.4 is 0 Å². The van der Waals surface area contributed by atoms with E-state index in [1.807, 2.05) is 0 Å². The Hall–Kier alpha value is -0.830. The number of carbonyl (C=O) groups is 1. The highest BCUT2D eigenvalue weighted by molar-refractivity contribution is 5.81. The first-order valence-corrected chi connectivity index (χ1v) is 7.52. The normalized spacial score (nSPS) is 47.5. The summed E-state index contributed by atoms with van der Waals surface area (Å²) in [5, 5.41) is 10.6. The van der Waals surface area contributed by atoms with Crippen molar-refractivity contribution in [3.8, 4) is 0 Å². The molecule has 4 rings (SSSR count). The Morgan fingerprint density at radius 2 is 2.11 bits per heavy atom. The van der Waals surface area contributed by atoms with Gasteiger partial charge in [0.05, 0.1) is 6.10 Å². The lowest BCUT2D eigenvalue weighted by atomic mass is 9.46. The molecule has 3 heteroatoms. The molecule has 0 spiro atoms. The molecule has 3 nitrogen and oxygen atoms in total. The van der Waals surface area contributed by atoms with Crippen LogP contribution in [-0.4, -0.2) is 22.8 Å². The topological polar surface area (TPSA) is 46.5 Å². The molecule has 0 saturated heterocycles. The smallest absolute Gasteiger partial charge is 0.330 e. The van der Waals surface area contributed by atoms with Gasteiger partial charge in [-0.2, -0.15) is 0 Å². The number of rotatable bonds is 3. The van der Waals surface area contributed by atoms with Gasteiger partial charge in [0.1, 0.15) is 5.60 Å². The molecule has 106 valence electrons. The zero-order valence-corrected chi connectivity index (χ0v) is 11.8. The number of hydrogen-bond donors (Lipinski definition) is 1. The molecule has 4 aliphatic carbocycles. The van der Waals surface area contributed by atoms with Gasteiger partial charge in [-0.25, -0.2) is 4.79 Å². The predicted octanol–water partition coefficient (Wildman–Crippen LogP) is 2.54. The van der Waals surface area contributed by atoms with Gasteiger partial charge in [0.15, 0.2) is 0 Å². The monoisotopic (exact) mass is 264 g/mol. The van der Waals surface area contributed by atoms with Crippen LogP contribution in [0.5, 0.6) is 0 Å². The van der Waals surface area contributed by atoms with E-state index in [0.717, 1.165) is 31.6 Å². The average Bonchev–Trinajstić information content (AvgIpc) is 2.38. The van der Waals surface area contributed by atoms with Gasteiger partial charge in [-0.05, 0) is 43.4 Å². The molecule has 4 fully saturated rings. The SMILES string of the molecule is C=CC(=O)OC1(C(C)C)C2CC3CC(C2)C(O)C1C3. The van der Waals surface area contributed by atoms with Gasteiger partial charge in [0.2, 0.25) is 0 Å². The second kappa shape index (κ2) is 4.34. The van der Waals surface area contributed by atoms with Crippen molar-refractivity contribution >= 4 is 5.97 Å². The van der Waals surface area contributed by atoms with Crippen LogP contribution in [-0.2, 0) is 9.53 Å². The van der Waals surface area contributed by atoms with E-state index in [2.05, 4.69) is 20.4 Å². The third-order valence-electron chi connectivity index (χ3n) is 5.89. The maximum atomic E-state index is 11.8. The largest absolute Gasteiger partial charge is 0.455 e. The van der Waals surface area contributed by atoms with E-state index in [-0.39, 0.29) is 23.9 Å². The molecule has 0 radical (unpaired) electrons. The highest BCUT2D eigenvalue weighted by Crippen LogP contribution is 2.61. The van der Waals surface area contributed by atoms with Crippen molar-refractivity contribution in [3.63, 3.8) is 0 Å². The summed E-state index contributed by atoms with van der Waals surface area (Å²) in [6.07, 6.45) is 5.29. The van der Waals surface area contributed by atoms with Crippen LogP contribution in [0.1, 0.15) is 39.5 Å². The van der Waals surface area contributed by atoms with Gasteiger partial charge in [-0.3, -0.25) is 0 Å². The number of aliphatic hydroxyl groups excluding tert-OH is 1. The molecule has 4 aliphatic rings. The van der Waals surface area contributed by atoms with Gasteiger partial charge in [0.25, 0.3) is 0 Å². The first-order valence-electron chi connectivity index (χ1n) is 7.52. The quantitative estimate of drug-likeness (QED) is 0.629. The van der Waals surface area contributed by atoms with Crippen LogP contribution in [0.4, 0.5) is 0 Å². The molecule has 0 aliphatic heterocycles. The number of hydrogen-bond acceptors (Lipinski definition) is 3. The summed E-state index contributed by atoms with van der Waals surface area (Å²) in [6.45, 7) is 7.75. The summed E-state index contributed by atoms with van der Waals surface area (Å²) in [4.78, 5) is 11.8. The minimum Gasteiger partial charge on any atom is -0.455 e. The van der Waals surface area contributed by atoms with Crippen molar-refractivity contribution in [1.82, 2.24) is 0 Å². The average molecular weight is 264 g/mol. The predicted molar refractivity (Wildman–Crippen MR) is 72.3 cm³/mol. The number of ether oxygens (including phenoxy) is 1. The maximum Gasteiger partial charge on any atom is 0.330 e. The van der Waals surface area contributed by atoms with E-state index < -0.39 is 5.60 Å². The second-order valence-electron chi connectivity index (χ2n) is 7.00. The highest BCUT2D eigenvalue weighted by atomic mass is 16.6. The Labute approximate surface area is 115 Å². The van der Waals surface area contributed by atoms with Crippen LogP contribution in [0.15, 0.2) is 12.7 Å². The summed E-state index contributed by atoms with van der Waals surface area (Å²) >= 11 is 0. The van der Waals surface area contributed by atoms with E-state index in [9.17, 15) is 9.90 Å². The van der Waals surface area contributed by atoms with Crippen molar-refractivity contribution in [2.45, 2.75) is 51.2 Å². The van der Waals surface area contributed by atoms with Crippen molar-refractivity contribution < 1.29 is 14.6 Å². The third kappa shape index (κ3) is 1.70. The molecule has 6 atom stereocenters. The first-order chi connectivity index (χ1) is 8.99. The van der Waals surface area contributed by atoms with Crippen LogP contribution >= 0.6 is 0 Å². The molecule has 6 unspecified atom stereocenters. The molecule has 0 aromatic rings. The van der Waals surface area contributed by atoms with Gasteiger partial charge in [-0.1, -0.05) is 20.4 Å². The lowest BCUT2D eigenvalue weighted by Crippen LogP contribution is -2.67. The van der Waals surface area contributed by atoms with Crippen LogP contribution in [0.2, 0.25) is 0 Å². The fraction of sp³-hybridized carbons (Fsp3) is 0.812. The van der Waals surface area contributed by atoms with Crippen molar-refractivity contribution in [2.24, 2.45) is 29.6 Å². The van der Waals surface area contributed by atoms with Crippen molar-refractivity contribution in [2.75, 3.05) is 0 Å². The molecule has 0 heterocycles. The Morgan fingerprint density at radius 3 is 2.74 bits per heavy atom. The standard InChI is InChI=1S/C16H24O3/c1-4-14(17)19-16(9(2)3)12-6-10-5-11(8-12)15(18)13(16)7-10/h4,9-13,15,18H,1,5-8H2,2-3H3. The zero-order chi connectivity index (χ0) is 13.8. The van der Waals surface area contributed by atoms with E-state index in [4.69, 9.17) is 4.74 Å². The molecule has 4 bridgehead atoms. The maximum absolute atomic E-state index is 11.8. The lowest BCUT2D eigenvalue weighted by Gasteiger charge is -2.63. The number of carbonyl (C=O) groups excluding carboxylic acids is 1. The summed E-state index contributed by atoms with van der Waals surface area (Å²) in [5.41, 5.74) is -0.474. The van der Waals surface area contributed by atoms with Crippen molar-refractivity contribution in [1.29, 1.82) is 0 Å². The highest BCUT2D eigenvalue weighted by Gasteiger charge is 2.64. The van der Waals surface area contributed by atoms with Crippen molar-refractivity contribution in [3.05, 3.63) is 12.7 Å². The van der Waals surface area contributed by atoms with E-state index in [0.29, 0.717) is 11.8 Å². The Bertz CT molecular complexity index is 403. The molecule has 0 aromatic heterocycles. The fourth-order valence-electron chi connectivity index (χ4n) is 5.30. The molecule has 4 saturated carbocycles. The van der Waals surface area contributed by atoms with E-state index in [1.165, 1.54) is 6.08 Å². The molecule has 1 N–H and O–H groups in total. The Morgan fingerprint density at radius 1 is 1.37 bits per heavy atom. The fourth-order valence-corrected chi connectivity index (χ4v) is 5.30. The number of esters is 1. The molecule has 0 aromatic carbocycles. The summed E-state index contributed by atoms with van der Waals surface area (Å²) in [7, 11) is 0. The van der Waals surface area contributed by atoms with Gasteiger partial charge in [0, 0.05) is 17.9 Å². The minimum absolute atomic E-state index is 0.118. The number of aliphatic hydroxyl groups is 1. The summed E-state index contributed by atoms with van der Waals surface area (Å²) < 4.78 is 5.88. The lowest BCUT2D eigenvalue weighted by molar-refractivity contribution is -0.250. The van der Waals surface area contributed by atoms with Crippen LogP contribution in [0.3, 0.4) is 0 Å². The van der Waals surface area contributed by atoms with E-state index in [1.54, 1.807) is 0 Å². The Balaban J connectivity index is 1.99.